The third-order valence-corrected chi connectivity index (χ3v) is 6.50. The maximum atomic E-state index is 13.0. The van der Waals surface area contributed by atoms with E-state index in [0.29, 0.717) is 5.91 Å². The van der Waals surface area contributed by atoms with Crippen LogP contribution in [0.2, 0.25) is 0 Å². The van der Waals surface area contributed by atoms with Crippen molar-refractivity contribution in [3.63, 3.8) is 0 Å². The van der Waals surface area contributed by atoms with Gasteiger partial charge in [-0.15, -0.1) is 12.4 Å². The number of nitrogens with zero attached hydrogens (tertiary/aromatic N) is 1. The van der Waals surface area contributed by atoms with Gasteiger partial charge in [0.25, 0.3) is 0 Å². The minimum atomic E-state index is 0. The lowest BCUT2D eigenvalue weighted by Gasteiger charge is -2.32. The molecule has 1 heterocycles. The van der Waals surface area contributed by atoms with Crippen LogP contribution in [0.5, 0.6) is 0 Å². The molecular formula is C20H29ClN2O. The molecule has 1 amide bonds. The molecule has 1 saturated carbocycles. The van der Waals surface area contributed by atoms with Crippen LogP contribution in [0, 0.1) is 11.8 Å². The van der Waals surface area contributed by atoms with Gasteiger partial charge in [0.1, 0.15) is 0 Å². The monoisotopic (exact) mass is 348 g/mol. The third kappa shape index (κ3) is 2.97. The van der Waals surface area contributed by atoms with Gasteiger partial charge in [-0.05, 0) is 69.2 Å². The van der Waals surface area contributed by atoms with Crippen LogP contribution < -0.4 is 5.32 Å². The highest BCUT2D eigenvalue weighted by Gasteiger charge is 2.62. The van der Waals surface area contributed by atoms with Crippen LogP contribution in [-0.2, 0) is 16.6 Å². The number of rotatable bonds is 4. The lowest BCUT2D eigenvalue weighted by Crippen LogP contribution is -2.40. The number of halogens is 1. The van der Waals surface area contributed by atoms with Crippen molar-refractivity contribution in [3.05, 3.63) is 35.4 Å². The first-order chi connectivity index (χ1) is 11.2. The number of carbonyl (C=O) groups is 1. The molecule has 0 bridgehead atoms. The second-order valence-corrected chi connectivity index (χ2v) is 7.73. The van der Waals surface area contributed by atoms with E-state index in [1.165, 1.54) is 36.8 Å². The summed E-state index contributed by atoms with van der Waals surface area (Å²) in [6, 6.07) is 8.78. The quantitative estimate of drug-likeness (QED) is 0.906. The molecule has 2 unspecified atom stereocenters. The molecule has 1 aromatic rings. The van der Waals surface area contributed by atoms with E-state index in [1.807, 2.05) is 7.05 Å². The summed E-state index contributed by atoms with van der Waals surface area (Å²) >= 11 is 0. The first-order valence-corrected chi connectivity index (χ1v) is 9.26. The largest absolute Gasteiger partial charge is 0.342 e. The van der Waals surface area contributed by atoms with Crippen LogP contribution in [0.15, 0.2) is 24.3 Å². The highest BCUT2D eigenvalue weighted by Crippen LogP contribution is 2.62. The van der Waals surface area contributed by atoms with Crippen LogP contribution in [0.1, 0.15) is 43.2 Å². The summed E-state index contributed by atoms with van der Waals surface area (Å²) in [5.41, 5.74) is 3.16. The summed E-state index contributed by atoms with van der Waals surface area (Å²) in [5, 5.41) is 3.24. The fraction of sp³-hybridized carbons (Fsp3) is 0.650. The molecule has 2 atom stereocenters. The maximum absolute atomic E-state index is 13.0. The van der Waals surface area contributed by atoms with E-state index in [-0.39, 0.29) is 23.7 Å². The maximum Gasteiger partial charge on any atom is 0.226 e. The van der Waals surface area contributed by atoms with Gasteiger partial charge in [0, 0.05) is 24.4 Å². The van der Waals surface area contributed by atoms with Gasteiger partial charge in [-0.1, -0.05) is 24.3 Å². The van der Waals surface area contributed by atoms with E-state index in [4.69, 9.17) is 0 Å². The molecule has 1 aromatic carbocycles. The third-order valence-electron chi connectivity index (χ3n) is 6.50. The van der Waals surface area contributed by atoms with Crippen LogP contribution in [0.3, 0.4) is 0 Å². The molecule has 1 aliphatic heterocycles. The van der Waals surface area contributed by atoms with Gasteiger partial charge in [0.2, 0.25) is 5.91 Å². The molecular weight excluding hydrogens is 320 g/mol. The number of likely N-dealkylation sites (tertiary alicyclic amines) is 1. The fourth-order valence-corrected chi connectivity index (χ4v) is 4.93. The Balaban J connectivity index is 0.00000169. The molecule has 1 N–H and O–H groups in total. The number of nitrogens with one attached hydrogen (secondary N) is 1. The topological polar surface area (TPSA) is 32.3 Å². The number of hydrogen-bond donors (Lipinski definition) is 1. The number of hydrogen-bond acceptors (Lipinski definition) is 2. The molecule has 1 spiro atoms. The first-order valence-electron chi connectivity index (χ1n) is 9.26. The minimum Gasteiger partial charge on any atom is -0.342 e. The molecule has 0 aromatic heterocycles. The first kappa shape index (κ1) is 17.8. The Morgan fingerprint density at radius 3 is 2.79 bits per heavy atom. The Kier molecular flexibility index (Phi) is 5.22. The van der Waals surface area contributed by atoms with E-state index in [0.717, 1.165) is 38.4 Å². The number of carbonyl (C=O) groups excluding carboxylic acids is 1. The molecule has 3 aliphatic rings. The van der Waals surface area contributed by atoms with E-state index in [2.05, 4.69) is 34.5 Å². The standard InChI is InChI=1S/C20H28N2O.ClH/c1-21-11-7-15-8-12-22(13-9-15)19(23)18-14-20(18)10-6-16-4-2-3-5-17(16)20;/h2-5,15,18,21H,6-14H2,1H3;1H. The van der Waals surface area contributed by atoms with E-state index < -0.39 is 0 Å². The molecule has 24 heavy (non-hydrogen) atoms. The van der Waals surface area contributed by atoms with Crippen molar-refractivity contribution >= 4 is 18.3 Å². The number of piperidine rings is 1. The zero-order valence-corrected chi connectivity index (χ0v) is 15.4. The number of aryl methyl sites for hydroxylation is 1. The smallest absolute Gasteiger partial charge is 0.226 e. The number of benzene rings is 1. The molecule has 4 heteroatoms. The normalized spacial score (nSPS) is 28.5. The Morgan fingerprint density at radius 1 is 1.29 bits per heavy atom. The summed E-state index contributed by atoms with van der Waals surface area (Å²) in [6.07, 6.45) is 7.04. The number of fused-ring (bicyclic) bond motifs is 2. The van der Waals surface area contributed by atoms with Crippen molar-refractivity contribution in [2.24, 2.45) is 11.8 Å². The van der Waals surface area contributed by atoms with E-state index in [1.54, 1.807) is 0 Å². The van der Waals surface area contributed by atoms with E-state index >= 15 is 0 Å². The molecule has 1 saturated heterocycles. The zero-order valence-electron chi connectivity index (χ0n) is 14.6. The Morgan fingerprint density at radius 2 is 2.04 bits per heavy atom. The van der Waals surface area contributed by atoms with Crippen LogP contribution in [0.25, 0.3) is 0 Å². The Bertz CT molecular complexity index is 597. The lowest BCUT2D eigenvalue weighted by molar-refractivity contribution is -0.134. The second-order valence-electron chi connectivity index (χ2n) is 7.73. The molecule has 132 valence electrons. The summed E-state index contributed by atoms with van der Waals surface area (Å²) in [5.74, 6) is 1.50. The Labute approximate surface area is 151 Å². The van der Waals surface area contributed by atoms with Crippen molar-refractivity contribution in [1.29, 1.82) is 0 Å². The van der Waals surface area contributed by atoms with Crippen molar-refractivity contribution in [3.8, 4) is 0 Å². The van der Waals surface area contributed by atoms with Gasteiger partial charge in [-0.25, -0.2) is 0 Å². The average Bonchev–Trinajstić information content (AvgIpc) is 3.22. The van der Waals surface area contributed by atoms with Crippen LogP contribution in [-0.4, -0.2) is 37.5 Å². The molecule has 4 rings (SSSR count). The summed E-state index contributed by atoms with van der Waals surface area (Å²) < 4.78 is 0. The minimum absolute atomic E-state index is 0. The van der Waals surface area contributed by atoms with Gasteiger partial charge in [-0.3, -0.25) is 4.79 Å². The van der Waals surface area contributed by atoms with Crippen molar-refractivity contribution in [2.75, 3.05) is 26.7 Å². The van der Waals surface area contributed by atoms with Gasteiger partial charge in [0.15, 0.2) is 0 Å². The summed E-state index contributed by atoms with van der Waals surface area (Å²) in [4.78, 5) is 15.1. The molecule has 3 nitrogen and oxygen atoms in total. The average molecular weight is 349 g/mol. The second kappa shape index (κ2) is 7.05. The summed E-state index contributed by atoms with van der Waals surface area (Å²) in [6.45, 7) is 3.05. The Hall–Kier alpha value is -1.06. The molecule has 2 fully saturated rings. The molecule has 2 aliphatic carbocycles. The van der Waals surface area contributed by atoms with E-state index in [9.17, 15) is 4.79 Å². The van der Waals surface area contributed by atoms with Gasteiger partial charge in [-0.2, -0.15) is 0 Å². The van der Waals surface area contributed by atoms with Gasteiger partial charge < -0.3 is 10.2 Å². The lowest BCUT2D eigenvalue weighted by atomic mass is 9.92. The summed E-state index contributed by atoms with van der Waals surface area (Å²) in [7, 11) is 2.02. The zero-order chi connectivity index (χ0) is 15.9. The highest BCUT2D eigenvalue weighted by molar-refractivity contribution is 5.85. The highest BCUT2D eigenvalue weighted by atomic mass is 35.5. The van der Waals surface area contributed by atoms with Crippen molar-refractivity contribution in [1.82, 2.24) is 10.2 Å². The van der Waals surface area contributed by atoms with Crippen LogP contribution >= 0.6 is 12.4 Å². The van der Waals surface area contributed by atoms with Crippen LogP contribution in [0.4, 0.5) is 0 Å². The van der Waals surface area contributed by atoms with Gasteiger partial charge in [0.05, 0.1) is 0 Å². The fourth-order valence-electron chi connectivity index (χ4n) is 4.93. The van der Waals surface area contributed by atoms with Crippen molar-refractivity contribution in [2.45, 2.75) is 43.9 Å². The molecule has 0 radical (unpaired) electrons. The predicted octanol–water partition coefficient (Wildman–Crippen LogP) is 3.16. The number of amides is 1. The predicted molar refractivity (Wildman–Crippen MR) is 99.6 cm³/mol. The van der Waals surface area contributed by atoms with Gasteiger partial charge >= 0.3 is 0 Å². The SMILES string of the molecule is CNCCC1CCN(C(=O)C2CC23CCc2ccccc23)CC1.Cl. The van der Waals surface area contributed by atoms with Crippen molar-refractivity contribution < 1.29 is 4.79 Å².